The lowest BCUT2D eigenvalue weighted by Gasteiger charge is -2.30. The summed E-state index contributed by atoms with van der Waals surface area (Å²) in [6, 6.07) is 14.3. The van der Waals surface area contributed by atoms with Crippen LogP contribution in [0.3, 0.4) is 0 Å². The zero-order chi connectivity index (χ0) is 22.7. The maximum absolute atomic E-state index is 13.2. The van der Waals surface area contributed by atoms with Crippen LogP contribution in [0.1, 0.15) is 53.6 Å². The third-order valence-electron chi connectivity index (χ3n) is 6.04. The van der Waals surface area contributed by atoms with Gasteiger partial charge >= 0.3 is 5.97 Å². The molecule has 0 atom stereocenters. The minimum absolute atomic E-state index is 0.0523. The highest BCUT2D eigenvalue weighted by Gasteiger charge is 2.40. The molecule has 4 rings (SSSR count). The highest BCUT2D eigenvalue weighted by Crippen LogP contribution is 2.32. The molecule has 1 N–H and O–H groups in total. The van der Waals surface area contributed by atoms with Gasteiger partial charge in [0.25, 0.3) is 5.91 Å². The van der Waals surface area contributed by atoms with E-state index in [1.165, 1.54) is 6.42 Å². The topological polar surface area (TPSA) is 70.1 Å². The number of amides is 1. The summed E-state index contributed by atoms with van der Waals surface area (Å²) in [6.45, 7) is 0.288. The van der Waals surface area contributed by atoms with Crippen LogP contribution in [-0.4, -0.2) is 45.0 Å². The van der Waals surface area contributed by atoms with Crippen LogP contribution in [0.25, 0.3) is 6.08 Å². The second kappa shape index (κ2) is 9.53. The molecule has 1 saturated carbocycles. The number of benzene rings is 2. The molecule has 0 aromatic heterocycles. The van der Waals surface area contributed by atoms with Crippen molar-refractivity contribution in [3.63, 3.8) is 0 Å². The summed E-state index contributed by atoms with van der Waals surface area (Å²) in [7, 11) is 1.84. The molecule has 2 aliphatic rings. The molecule has 1 amide bonds. The number of carboxylic acid groups (broad SMARTS) is 1. The van der Waals surface area contributed by atoms with E-state index in [2.05, 4.69) is 0 Å². The largest absolute Gasteiger partial charge is 0.488 e. The summed E-state index contributed by atoms with van der Waals surface area (Å²) in [5, 5.41) is 9.60. The van der Waals surface area contributed by atoms with E-state index >= 15 is 0 Å². The highest BCUT2D eigenvalue weighted by molar-refractivity contribution is 7.80. The molecule has 2 aromatic rings. The zero-order valence-corrected chi connectivity index (χ0v) is 18.8. The van der Waals surface area contributed by atoms with Gasteiger partial charge in [-0.2, -0.15) is 0 Å². The molecular weight excluding hydrogens is 424 g/mol. The molecule has 7 heteroatoms. The molecule has 0 spiro atoms. The van der Waals surface area contributed by atoms with Gasteiger partial charge in [0.2, 0.25) is 0 Å². The van der Waals surface area contributed by atoms with Gasteiger partial charge in [0.15, 0.2) is 5.11 Å². The van der Waals surface area contributed by atoms with Crippen LogP contribution in [0.2, 0.25) is 0 Å². The molecule has 2 aromatic carbocycles. The molecule has 1 saturated heterocycles. The number of carbonyl (C=O) groups excluding carboxylic acids is 1. The SMILES string of the molecule is CN1C(=S)N(C2CCCCC2)C(=O)/C1=C/c1ccccc1OCc1ccc(C(=O)O)cc1. The third-order valence-corrected chi connectivity index (χ3v) is 6.51. The van der Waals surface area contributed by atoms with Crippen molar-refractivity contribution in [2.24, 2.45) is 0 Å². The first-order chi connectivity index (χ1) is 15.5. The van der Waals surface area contributed by atoms with E-state index in [1.54, 1.807) is 34.1 Å². The maximum atomic E-state index is 13.2. The van der Waals surface area contributed by atoms with Crippen molar-refractivity contribution < 1.29 is 19.4 Å². The smallest absolute Gasteiger partial charge is 0.335 e. The molecular formula is C25H26N2O4S. The van der Waals surface area contributed by atoms with Gasteiger partial charge in [0, 0.05) is 18.7 Å². The number of para-hydroxylation sites is 1. The number of rotatable bonds is 6. The number of likely N-dealkylation sites (N-methyl/N-ethyl adjacent to an activating group) is 1. The van der Waals surface area contributed by atoms with Crippen LogP contribution in [0.15, 0.2) is 54.2 Å². The Morgan fingerprint density at radius 1 is 1.12 bits per heavy atom. The van der Waals surface area contributed by atoms with Crippen molar-refractivity contribution in [1.82, 2.24) is 9.80 Å². The van der Waals surface area contributed by atoms with Crippen molar-refractivity contribution in [2.75, 3.05) is 7.05 Å². The van der Waals surface area contributed by atoms with Crippen molar-refractivity contribution in [1.29, 1.82) is 0 Å². The third kappa shape index (κ3) is 4.53. The number of thiocarbonyl (C=S) groups is 1. The van der Waals surface area contributed by atoms with Crippen molar-refractivity contribution in [3.05, 3.63) is 70.9 Å². The molecule has 1 aliphatic carbocycles. The van der Waals surface area contributed by atoms with Crippen LogP contribution in [0, 0.1) is 0 Å². The molecule has 0 unspecified atom stereocenters. The predicted octanol–water partition coefficient (Wildman–Crippen LogP) is 4.70. The summed E-state index contributed by atoms with van der Waals surface area (Å²) in [4.78, 5) is 27.8. The van der Waals surface area contributed by atoms with Gasteiger partial charge in [0.05, 0.1) is 5.56 Å². The summed E-state index contributed by atoms with van der Waals surface area (Å²) in [6.07, 6.45) is 7.29. The van der Waals surface area contributed by atoms with Gasteiger partial charge in [0.1, 0.15) is 18.1 Å². The van der Waals surface area contributed by atoms with Crippen LogP contribution in [0.5, 0.6) is 5.75 Å². The Kier molecular flexibility index (Phi) is 6.55. The van der Waals surface area contributed by atoms with Gasteiger partial charge in [-0.3, -0.25) is 9.69 Å². The molecule has 0 bridgehead atoms. The first kappa shape index (κ1) is 22.0. The first-order valence-electron chi connectivity index (χ1n) is 10.8. The number of hydrogen-bond acceptors (Lipinski definition) is 4. The fourth-order valence-electron chi connectivity index (χ4n) is 4.22. The Morgan fingerprint density at radius 3 is 2.50 bits per heavy atom. The minimum Gasteiger partial charge on any atom is -0.488 e. The summed E-state index contributed by atoms with van der Waals surface area (Å²) < 4.78 is 6.01. The summed E-state index contributed by atoms with van der Waals surface area (Å²) in [5.74, 6) is -0.367. The van der Waals surface area contributed by atoms with E-state index in [0.29, 0.717) is 16.6 Å². The first-order valence-corrected chi connectivity index (χ1v) is 11.2. The average molecular weight is 451 g/mol. The van der Waals surface area contributed by atoms with Crippen molar-refractivity contribution >= 4 is 35.3 Å². The normalized spacial score (nSPS) is 18.5. The quantitative estimate of drug-likeness (QED) is 0.508. The molecule has 32 heavy (non-hydrogen) atoms. The van der Waals surface area contributed by atoms with Gasteiger partial charge in [-0.05, 0) is 54.9 Å². The van der Waals surface area contributed by atoms with E-state index < -0.39 is 5.97 Å². The lowest BCUT2D eigenvalue weighted by Crippen LogP contribution is -2.41. The number of nitrogens with zero attached hydrogens (tertiary/aromatic N) is 2. The molecule has 0 radical (unpaired) electrons. The minimum atomic E-state index is -0.958. The van der Waals surface area contributed by atoms with Crippen LogP contribution in [-0.2, 0) is 11.4 Å². The van der Waals surface area contributed by atoms with E-state index in [-0.39, 0.29) is 24.1 Å². The van der Waals surface area contributed by atoms with Crippen LogP contribution < -0.4 is 4.74 Å². The summed E-state index contributed by atoms with van der Waals surface area (Å²) in [5.41, 5.74) is 2.43. The van der Waals surface area contributed by atoms with E-state index in [0.717, 1.165) is 36.8 Å². The average Bonchev–Trinajstić information content (AvgIpc) is 3.02. The van der Waals surface area contributed by atoms with E-state index in [1.807, 2.05) is 37.4 Å². The Hall–Kier alpha value is -3.19. The van der Waals surface area contributed by atoms with Crippen LogP contribution in [0.4, 0.5) is 0 Å². The predicted molar refractivity (Wildman–Crippen MR) is 126 cm³/mol. The maximum Gasteiger partial charge on any atom is 0.335 e. The van der Waals surface area contributed by atoms with Gasteiger partial charge in [-0.15, -0.1) is 0 Å². The standard InChI is InChI=1S/C25H26N2O4S/c1-26-21(23(28)27(25(26)32)20-8-3-2-4-9-20)15-19-7-5-6-10-22(19)31-16-17-11-13-18(14-12-17)24(29)30/h5-7,10-15,20H,2-4,8-9,16H2,1H3,(H,29,30)/b21-15-. The Balaban J connectivity index is 1.53. The molecule has 1 heterocycles. The molecule has 2 fully saturated rings. The van der Waals surface area contributed by atoms with Crippen molar-refractivity contribution in [3.8, 4) is 5.75 Å². The Bertz CT molecular complexity index is 1060. The fraction of sp³-hybridized carbons (Fsp3) is 0.320. The summed E-state index contributed by atoms with van der Waals surface area (Å²) >= 11 is 5.61. The molecule has 6 nitrogen and oxygen atoms in total. The van der Waals surface area contributed by atoms with Gasteiger partial charge in [-0.25, -0.2) is 4.79 Å². The number of ether oxygens (including phenoxy) is 1. The lowest BCUT2D eigenvalue weighted by atomic mass is 9.94. The van der Waals surface area contributed by atoms with Gasteiger partial charge < -0.3 is 14.7 Å². The van der Waals surface area contributed by atoms with E-state index in [4.69, 9.17) is 22.1 Å². The number of aromatic carboxylic acids is 1. The molecule has 166 valence electrons. The van der Waals surface area contributed by atoms with E-state index in [9.17, 15) is 9.59 Å². The monoisotopic (exact) mass is 450 g/mol. The number of carboxylic acids is 1. The molecule has 1 aliphatic heterocycles. The Labute approximate surface area is 193 Å². The second-order valence-corrected chi connectivity index (χ2v) is 8.53. The van der Waals surface area contributed by atoms with Crippen molar-refractivity contribution in [2.45, 2.75) is 44.8 Å². The number of hydrogen-bond donors (Lipinski definition) is 1. The highest BCUT2D eigenvalue weighted by atomic mass is 32.1. The van der Waals surface area contributed by atoms with Gasteiger partial charge in [-0.1, -0.05) is 49.6 Å². The lowest BCUT2D eigenvalue weighted by molar-refractivity contribution is -0.124. The Morgan fingerprint density at radius 2 is 1.81 bits per heavy atom. The second-order valence-electron chi connectivity index (χ2n) is 8.17. The fourth-order valence-corrected chi connectivity index (χ4v) is 4.55. The zero-order valence-electron chi connectivity index (χ0n) is 18.0. The number of carbonyl (C=O) groups is 2. The van der Waals surface area contributed by atoms with Crippen LogP contribution >= 0.6 is 12.2 Å².